The average molecular weight is 320 g/mol. The van der Waals surface area contributed by atoms with E-state index in [2.05, 4.69) is 4.74 Å². The van der Waals surface area contributed by atoms with E-state index < -0.39 is 48.3 Å². The molecule has 0 rings (SSSR count). The van der Waals surface area contributed by atoms with E-state index in [9.17, 15) is 28.8 Å². The van der Waals surface area contributed by atoms with Crippen LogP contribution in [0.1, 0.15) is 32.6 Å². The van der Waals surface area contributed by atoms with Gasteiger partial charge < -0.3 is 20.1 Å². The Labute approximate surface area is 124 Å². The minimum Gasteiger partial charge on any atom is -0.481 e. The molecule has 0 aromatic rings. The summed E-state index contributed by atoms with van der Waals surface area (Å²) in [5.41, 5.74) is 0. The quantitative estimate of drug-likeness (QED) is 0.371. The summed E-state index contributed by atoms with van der Waals surface area (Å²) >= 11 is 0. The Kier molecular flexibility index (Phi) is 11.7. The highest BCUT2D eigenvalue weighted by atomic mass is 16.5. The van der Waals surface area contributed by atoms with Gasteiger partial charge in [-0.15, -0.1) is 0 Å². The van der Waals surface area contributed by atoms with E-state index in [1.165, 1.54) is 0 Å². The molecule has 0 aliphatic rings. The van der Waals surface area contributed by atoms with Crippen molar-refractivity contribution in [1.82, 2.24) is 0 Å². The van der Waals surface area contributed by atoms with Crippen LogP contribution in [0.25, 0.3) is 0 Å². The number of aliphatic carboxylic acids is 3. The van der Waals surface area contributed by atoms with Gasteiger partial charge in [0.15, 0.2) is 0 Å². The van der Waals surface area contributed by atoms with Gasteiger partial charge >= 0.3 is 23.9 Å². The van der Waals surface area contributed by atoms with Crippen LogP contribution in [0.4, 0.5) is 0 Å². The molecule has 0 fully saturated rings. The number of Topliss-reactive ketones (excluding diaryl/α,β-unsaturated/α-hetero) is 2. The van der Waals surface area contributed by atoms with Crippen molar-refractivity contribution in [2.75, 3.05) is 6.61 Å². The van der Waals surface area contributed by atoms with Crippen LogP contribution in [0.2, 0.25) is 0 Å². The Hall–Kier alpha value is -2.78. The van der Waals surface area contributed by atoms with E-state index in [0.29, 0.717) is 0 Å². The number of hydrogen-bond acceptors (Lipinski definition) is 7. The largest absolute Gasteiger partial charge is 0.481 e. The number of ketones is 2. The van der Waals surface area contributed by atoms with Crippen molar-refractivity contribution in [2.24, 2.45) is 0 Å². The molecule has 22 heavy (non-hydrogen) atoms. The van der Waals surface area contributed by atoms with Crippen LogP contribution >= 0.6 is 0 Å². The molecule has 0 saturated carbocycles. The summed E-state index contributed by atoms with van der Waals surface area (Å²) in [5.74, 6) is -6.68. The second-order valence-electron chi connectivity index (χ2n) is 3.66. The number of hydrogen-bond donors (Lipinski definition) is 3. The van der Waals surface area contributed by atoms with E-state index in [0.717, 1.165) is 0 Å². The third-order valence-electron chi connectivity index (χ3n) is 1.87. The number of carbonyl (C=O) groups excluding carboxylic acids is 3. The van der Waals surface area contributed by atoms with Crippen molar-refractivity contribution in [2.45, 2.75) is 32.6 Å². The van der Waals surface area contributed by atoms with Gasteiger partial charge in [-0.3, -0.25) is 19.2 Å². The van der Waals surface area contributed by atoms with Crippen molar-refractivity contribution in [3.8, 4) is 0 Å². The lowest BCUT2D eigenvalue weighted by Gasteiger charge is -1.97. The van der Waals surface area contributed by atoms with Crippen LogP contribution in [0.15, 0.2) is 0 Å². The zero-order chi connectivity index (χ0) is 17.7. The molecular formula is C12H16O10. The maximum atomic E-state index is 10.7. The van der Waals surface area contributed by atoms with Crippen LogP contribution in [0, 0.1) is 0 Å². The molecule has 0 unspecified atom stereocenters. The first-order valence-corrected chi connectivity index (χ1v) is 6.01. The summed E-state index contributed by atoms with van der Waals surface area (Å²) in [6.45, 7) is 1.69. The summed E-state index contributed by atoms with van der Waals surface area (Å²) < 4.78 is 4.35. The number of ether oxygens (including phenoxy) is 1. The number of carbonyl (C=O) groups is 6. The van der Waals surface area contributed by atoms with Crippen LogP contribution in [0.5, 0.6) is 0 Å². The molecule has 0 heterocycles. The van der Waals surface area contributed by atoms with Crippen molar-refractivity contribution in [3.63, 3.8) is 0 Å². The topological polar surface area (TPSA) is 172 Å². The highest BCUT2D eigenvalue weighted by Gasteiger charge is 2.15. The first-order chi connectivity index (χ1) is 10.1. The molecule has 3 N–H and O–H groups in total. The molecule has 0 aromatic heterocycles. The number of rotatable bonds is 9. The van der Waals surface area contributed by atoms with Crippen LogP contribution < -0.4 is 0 Å². The molecule has 124 valence electrons. The van der Waals surface area contributed by atoms with Crippen molar-refractivity contribution in [3.05, 3.63) is 0 Å². The van der Waals surface area contributed by atoms with Gasteiger partial charge in [-0.2, -0.15) is 0 Å². The lowest BCUT2D eigenvalue weighted by atomic mass is 10.2. The SMILES string of the molecule is CCOC(=O)C(=O)CCC(=O)O.O=C(O)CCC(=O)C(=O)O. The molecular weight excluding hydrogens is 304 g/mol. The summed E-state index contributed by atoms with van der Waals surface area (Å²) in [6.07, 6.45) is -1.50. The van der Waals surface area contributed by atoms with Crippen LogP contribution in [-0.4, -0.2) is 57.4 Å². The Morgan fingerprint density at radius 1 is 0.727 bits per heavy atom. The van der Waals surface area contributed by atoms with Crippen molar-refractivity contribution in [1.29, 1.82) is 0 Å². The average Bonchev–Trinajstić information content (AvgIpc) is 2.42. The van der Waals surface area contributed by atoms with Gasteiger partial charge in [0, 0.05) is 12.8 Å². The number of carboxylic acids is 3. The molecule has 0 bridgehead atoms. The fourth-order valence-electron chi connectivity index (χ4n) is 0.862. The monoisotopic (exact) mass is 320 g/mol. The highest BCUT2D eigenvalue weighted by molar-refractivity contribution is 6.33. The minimum absolute atomic E-state index is 0.123. The fraction of sp³-hybridized carbons (Fsp3) is 0.500. The minimum atomic E-state index is -1.58. The second kappa shape index (κ2) is 12.0. The number of esters is 1. The maximum absolute atomic E-state index is 10.7. The Bertz CT molecular complexity index is 451. The smallest absolute Gasteiger partial charge is 0.374 e. The van der Waals surface area contributed by atoms with Crippen molar-refractivity contribution >= 4 is 35.4 Å². The van der Waals surface area contributed by atoms with E-state index in [4.69, 9.17) is 15.3 Å². The first kappa shape index (κ1) is 21.5. The summed E-state index contributed by atoms with van der Waals surface area (Å²) in [7, 11) is 0. The summed E-state index contributed by atoms with van der Waals surface area (Å²) in [4.78, 5) is 61.0. The van der Waals surface area contributed by atoms with E-state index in [1.807, 2.05) is 0 Å². The molecule has 0 radical (unpaired) electrons. The number of carboxylic acid groups (broad SMARTS) is 3. The van der Waals surface area contributed by atoms with Crippen LogP contribution in [0.3, 0.4) is 0 Å². The van der Waals surface area contributed by atoms with Gasteiger partial charge in [-0.05, 0) is 6.92 Å². The zero-order valence-corrected chi connectivity index (χ0v) is 11.7. The Morgan fingerprint density at radius 2 is 1.14 bits per heavy atom. The summed E-state index contributed by atoms with van der Waals surface area (Å²) in [5, 5.41) is 24.1. The Morgan fingerprint density at radius 3 is 1.45 bits per heavy atom. The van der Waals surface area contributed by atoms with Gasteiger partial charge in [0.1, 0.15) is 0 Å². The second-order valence-corrected chi connectivity index (χ2v) is 3.66. The van der Waals surface area contributed by atoms with Gasteiger partial charge in [0.05, 0.1) is 19.4 Å². The lowest BCUT2D eigenvalue weighted by molar-refractivity contribution is -0.154. The fourth-order valence-corrected chi connectivity index (χ4v) is 0.862. The zero-order valence-electron chi connectivity index (χ0n) is 11.7. The third-order valence-corrected chi connectivity index (χ3v) is 1.87. The molecule has 10 heteroatoms. The lowest BCUT2D eigenvalue weighted by Crippen LogP contribution is -2.18. The molecule has 0 atom stereocenters. The van der Waals surface area contributed by atoms with Gasteiger partial charge in [-0.25, -0.2) is 9.59 Å². The normalized spacial score (nSPS) is 8.95. The van der Waals surface area contributed by atoms with Gasteiger partial charge in [-0.1, -0.05) is 0 Å². The standard InChI is InChI=1S/C7H10O5.C5H6O5/c1-2-12-7(11)5(8)3-4-6(9)10;6-3(5(9)10)1-2-4(7)8/h2-4H2,1H3,(H,9,10);1-2H2,(H,7,8)(H,9,10). The third kappa shape index (κ3) is 13.6. The molecule has 10 nitrogen and oxygen atoms in total. The van der Waals surface area contributed by atoms with Gasteiger partial charge in [0.25, 0.3) is 0 Å². The molecule has 0 amide bonds. The van der Waals surface area contributed by atoms with Crippen molar-refractivity contribution < 1.29 is 48.8 Å². The maximum Gasteiger partial charge on any atom is 0.374 e. The Balaban J connectivity index is 0. The first-order valence-electron chi connectivity index (χ1n) is 6.01. The van der Waals surface area contributed by atoms with Gasteiger partial charge in [0.2, 0.25) is 11.6 Å². The molecule has 0 aromatic carbocycles. The van der Waals surface area contributed by atoms with E-state index >= 15 is 0 Å². The predicted molar refractivity (Wildman–Crippen MR) is 68.0 cm³/mol. The molecule has 0 spiro atoms. The van der Waals surface area contributed by atoms with Crippen LogP contribution in [-0.2, 0) is 33.5 Å². The molecule has 0 aliphatic carbocycles. The molecule has 0 aliphatic heterocycles. The van der Waals surface area contributed by atoms with E-state index in [1.54, 1.807) is 6.92 Å². The summed E-state index contributed by atoms with van der Waals surface area (Å²) in [6, 6.07) is 0. The highest BCUT2D eigenvalue weighted by Crippen LogP contribution is 1.93. The molecule has 0 saturated heterocycles. The van der Waals surface area contributed by atoms with E-state index in [-0.39, 0.29) is 19.4 Å². The predicted octanol–water partition coefficient (Wildman–Crippen LogP) is -0.512.